The Morgan fingerprint density at radius 2 is 2.23 bits per heavy atom. The van der Waals surface area contributed by atoms with Gasteiger partial charge < -0.3 is 10.6 Å². The molecule has 0 bridgehead atoms. The molecule has 0 saturated carbocycles. The van der Waals surface area contributed by atoms with Crippen molar-refractivity contribution in [2.45, 2.75) is 58.7 Å². The van der Waals surface area contributed by atoms with E-state index in [0.29, 0.717) is 12.5 Å². The maximum atomic E-state index is 4.64. The van der Waals surface area contributed by atoms with Gasteiger partial charge in [0.1, 0.15) is 24.5 Å². The molecule has 0 spiro atoms. The van der Waals surface area contributed by atoms with Gasteiger partial charge >= 0.3 is 0 Å². The minimum absolute atomic E-state index is 0. The maximum absolute atomic E-state index is 4.64. The summed E-state index contributed by atoms with van der Waals surface area (Å²) in [5.74, 6) is 4.00. The second-order valence-electron chi connectivity index (χ2n) is 6.60. The molecule has 9 nitrogen and oxygen atoms in total. The van der Waals surface area contributed by atoms with Crippen LogP contribution in [0.15, 0.2) is 11.3 Å². The average molecular weight is 473 g/mol. The third-order valence-corrected chi connectivity index (χ3v) is 4.26. The highest BCUT2D eigenvalue weighted by Gasteiger charge is 2.23. The smallest absolute Gasteiger partial charge is 0.191 e. The summed E-state index contributed by atoms with van der Waals surface area (Å²) in [6, 6.07) is 0.284. The van der Waals surface area contributed by atoms with Crippen molar-refractivity contribution in [1.29, 1.82) is 0 Å². The van der Waals surface area contributed by atoms with Gasteiger partial charge in [-0.15, -0.1) is 24.0 Å². The third-order valence-electron chi connectivity index (χ3n) is 4.26. The van der Waals surface area contributed by atoms with Gasteiger partial charge in [0.05, 0.1) is 6.54 Å². The number of nitrogens with one attached hydrogen (secondary N) is 2. The van der Waals surface area contributed by atoms with Crippen LogP contribution in [0.4, 0.5) is 0 Å². The molecule has 3 rings (SSSR count). The number of fused-ring (bicyclic) bond motifs is 1. The molecule has 3 heterocycles. The number of aliphatic imine (C=N–C) groups is 1. The van der Waals surface area contributed by atoms with Crippen LogP contribution in [0.2, 0.25) is 0 Å². The third kappa shape index (κ3) is 4.92. The second kappa shape index (κ2) is 9.28. The van der Waals surface area contributed by atoms with Gasteiger partial charge in [0.25, 0.3) is 0 Å². The van der Waals surface area contributed by atoms with Crippen LogP contribution in [-0.4, -0.2) is 48.1 Å². The highest BCUT2D eigenvalue weighted by atomic mass is 127. The van der Waals surface area contributed by atoms with Gasteiger partial charge in [-0.25, -0.2) is 19.6 Å². The summed E-state index contributed by atoms with van der Waals surface area (Å²) < 4.78 is 3.77. The fourth-order valence-corrected chi connectivity index (χ4v) is 2.82. The lowest BCUT2D eigenvalue weighted by Crippen LogP contribution is -2.47. The molecule has 0 saturated heterocycles. The van der Waals surface area contributed by atoms with E-state index in [4.69, 9.17) is 0 Å². The van der Waals surface area contributed by atoms with Gasteiger partial charge in [-0.3, -0.25) is 4.68 Å². The SMILES string of the molecule is CCNC(=NCc1ncnn1C)NC1CCc2nc(C(C)C)nn2C1.I. The second-order valence-corrected chi connectivity index (χ2v) is 6.60. The Hall–Kier alpha value is -1.72. The summed E-state index contributed by atoms with van der Waals surface area (Å²) >= 11 is 0. The van der Waals surface area contributed by atoms with Gasteiger partial charge in [0, 0.05) is 32.0 Å². The van der Waals surface area contributed by atoms with E-state index in [-0.39, 0.29) is 30.0 Å². The Morgan fingerprint density at radius 3 is 2.88 bits per heavy atom. The normalized spacial score (nSPS) is 17.0. The van der Waals surface area contributed by atoms with E-state index in [1.54, 1.807) is 11.0 Å². The molecule has 0 radical (unpaired) electrons. The highest BCUT2D eigenvalue weighted by molar-refractivity contribution is 14.0. The van der Waals surface area contributed by atoms with Gasteiger partial charge in [0.2, 0.25) is 0 Å². The Labute approximate surface area is 171 Å². The molecule has 0 aliphatic carbocycles. The molecule has 0 aromatic carbocycles. The monoisotopic (exact) mass is 473 g/mol. The van der Waals surface area contributed by atoms with E-state index in [2.05, 4.69) is 56.6 Å². The number of aromatic nitrogens is 6. The standard InChI is InChI=1S/C16H27N9.HI/c1-5-17-16(18-8-14-19-10-20-24(14)4)21-12-6-7-13-22-15(11(2)3)23-25(13)9-12;/h10-12H,5-9H2,1-4H3,(H2,17,18,21);1H. The molecule has 10 heteroatoms. The Kier molecular flexibility index (Phi) is 7.35. The zero-order valence-corrected chi connectivity index (χ0v) is 18.1. The van der Waals surface area contributed by atoms with Crippen LogP contribution >= 0.6 is 24.0 Å². The molecule has 1 unspecified atom stereocenters. The molecule has 0 fully saturated rings. The zero-order chi connectivity index (χ0) is 17.8. The van der Waals surface area contributed by atoms with Crippen LogP contribution in [0.25, 0.3) is 0 Å². The average Bonchev–Trinajstić information content (AvgIpc) is 3.18. The van der Waals surface area contributed by atoms with E-state index in [1.807, 2.05) is 11.7 Å². The van der Waals surface area contributed by atoms with Gasteiger partial charge in [-0.1, -0.05) is 13.8 Å². The molecular weight excluding hydrogens is 445 g/mol. The molecule has 2 aromatic heterocycles. The fraction of sp³-hybridized carbons (Fsp3) is 0.688. The van der Waals surface area contributed by atoms with Crippen molar-refractivity contribution < 1.29 is 0 Å². The Bertz CT molecular complexity index is 734. The van der Waals surface area contributed by atoms with Crippen LogP contribution in [0.5, 0.6) is 0 Å². The lowest BCUT2D eigenvalue weighted by molar-refractivity contribution is 0.391. The van der Waals surface area contributed by atoms with Crippen molar-refractivity contribution in [1.82, 2.24) is 40.2 Å². The first-order valence-electron chi connectivity index (χ1n) is 8.88. The molecule has 1 aliphatic heterocycles. The number of hydrogen-bond acceptors (Lipinski definition) is 5. The van der Waals surface area contributed by atoms with Crippen LogP contribution < -0.4 is 10.6 Å². The van der Waals surface area contributed by atoms with Gasteiger partial charge in [-0.05, 0) is 13.3 Å². The van der Waals surface area contributed by atoms with Crippen LogP contribution in [0.3, 0.4) is 0 Å². The van der Waals surface area contributed by atoms with Crippen molar-refractivity contribution in [2.24, 2.45) is 12.0 Å². The van der Waals surface area contributed by atoms with E-state index in [0.717, 1.165) is 49.4 Å². The first-order valence-corrected chi connectivity index (χ1v) is 8.88. The minimum atomic E-state index is 0. The maximum Gasteiger partial charge on any atom is 0.191 e. The van der Waals surface area contributed by atoms with Crippen LogP contribution in [0, 0.1) is 0 Å². The van der Waals surface area contributed by atoms with E-state index in [1.165, 1.54) is 0 Å². The molecule has 26 heavy (non-hydrogen) atoms. The predicted molar refractivity (Wildman–Crippen MR) is 111 cm³/mol. The number of rotatable bonds is 5. The highest BCUT2D eigenvalue weighted by Crippen LogP contribution is 2.16. The molecule has 2 aromatic rings. The summed E-state index contributed by atoms with van der Waals surface area (Å²) in [5.41, 5.74) is 0. The number of nitrogens with zero attached hydrogens (tertiary/aromatic N) is 7. The fourth-order valence-electron chi connectivity index (χ4n) is 2.82. The first-order chi connectivity index (χ1) is 12.1. The summed E-state index contributed by atoms with van der Waals surface area (Å²) in [5, 5.41) is 15.5. The first kappa shape index (κ1) is 20.6. The quantitative estimate of drug-likeness (QED) is 0.385. The summed E-state index contributed by atoms with van der Waals surface area (Å²) in [6.45, 7) is 8.42. The zero-order valence-electron chi connectivity index (χ0n) is 15.8. The largest absolute Gasteiger partial charge is 0.357 e. The topological polar surface area (TPSA) is 97.8 Å². The Balaban J connectivity index is 0.00000243. The molecule has 144 valence electrons. The Morgan fingerprint density at radius 1 is 1.42 bits per heavy atom. The van der Waals surface area contributed by atoms with Gasteiger partial charge in [-0.2, -0.15) is 10.2 Å². The van der Waals surface area contributed by atoms with Crippen molar-refractivity contribution in [2.75, 3.05) is 6.54 Å². The van der Waals surface area contributed by atoms with Crippen LogP contribution in [-0.2, 0) is 26.6 Å². The summed E-state index contributed by atoms with van der Waals surface area (Å²) in [6.07, 6.45) is 3.50. The van der Waals surface area contributed by atoms with E-state index in [9.17, 15) is 0 Å². The van der Waals surface area contributed by atoms with Crippen molar-refractivity contribution in [3.63, 3.8) is 0 Å². The lowest BCUT2D eigenvalue weighted by Gasteiger charge is -2.25. The molecule has 1 aliphatic rings. The number of hydrogen-bond donors (Lipinski definition) is 2. The van der Waals surface area contributed by atoms with Gasteiger partial charge in [0.15, 0.2) is 11.8 Å². The lowest BCUT2D eigenvalue weighted by atomic mass is 10.1. The number of halogens is 1. The van der Waals surface area contributed by atoms with Crippen molar-refractivity contribution in [3.05, 3.63) is 23.8 Å². The molecular formula is C16H28IN9. The van der Waals surface area contributed by atoms with Crippen LogP contribution in [0.1, 0.15) is 50.6 Å². The molecule has 1 atom stereocenters. The summed E-state index contributed by atoms with van der Waals surface area (Å²) in [7, 11) is 1.87. The van der Waals surface area contributed by atoms with Crippen molar-refractivity contribution in [3.8, 4) is 0 Å². The predicted octanol–water partition coefficient (Wildman–Crippen LogP) is 1.22. The van der Waals surface area contributed by atoms with Crippen molar-refractivity contribution >= 4 is 29.9 Å². The number of aryl methyl sites for hydroxylation is 2. The van der Waals surface area contributed by atoms with E-state index < -0.39 is 0 Å². The molecule has 2 N–H and O–H groups in total. The number of guanidine groups is 1. The summed E-state index contributed by atoms with van der Waals surface area (Å²) in [4.78, 5) is 13.5. The van der Waals surface area contributed by atoms with E-state index >= 15 is 0 Å². The minimum Gasteiger partial charge on any atom is -0.357 e. The molecule has 0 amide bonds.